The monoisotopic (exact) mass is 728 g/mol. The van der Waals surface area contributed by atoms with E-state index in [2.05, 4.69) is 140 Å². The SMILES string of the molecule is Cc1c(-c2ccccc2)nc(-c2cccc3oc4ccc(-c5ccc6c7ccccc7c7ccccc7c6c5)cc4c23)nc1-c1cccc2oc3ccccc3c12. The van der Waals surface area contributed by atoms with Gasteiger partial charge in [0.2, 0.25) is 0 Å². The van der Waals surface area contributed by atoms with E-state index in [0.29, 0.717) is 5.82 Å². The number of aromatic nitrogens is 2. The molecular weight excluding hydrogens is 697 g/mol. The second kappa shape index (κ2) is 12.2. The van der Waals surface area contributed by atoms with Gasteiger partial charge in [0.05, 0.1) is 11.4 Å². The van der Waals surface area contributed by atoms with Gasteiger partial charge in [-0.1, -0.05) is 140 Å². The maximum absolute atomic E-state index is 6.56. The normalized spacial score (nSPS) is 11.9. The number of nitrogens with zero attached hydrogens (tertiary/aromatic N) is 2. The molecule has 0 radical (unpaired) electrons. The van der Waals surface area contributed by atoms with Crippen molar-refractivity contribution < 1.29 is 8.83 Å². The second-order valence-electron chi connectivity index (χ2n) is 14.9. The number of para-hydroxylation sites is 1. The maximum atomic E-state index is 6.56. The Hall–Kier alpha value is -7.56. The van der Waals surface area contributed by atoms with Crippen molar-refractivity contribution in [3.63, 3.8) is 0 Å². The molecule has 0 atom stereocenters. The average molecular weight is 729 g/mol. The molecule has 0 aliphatic carbocycles. The van der Waals surface area contributed by atoms with Gasteiger partial charge in [-0.3, -0.25) is 0 Å². The molecule has 4 nitrogen and oxygen atoms in total. The number of benzene rings is 9. The molecule has 4 heteroatoms. The number of rotatable bonds is 4. The molecule has 12 aromatic rings. The van der Waals surface area contributed by atoms with Crippen LogP contribution < -0.4 is 0 Å². The van der Waals surface area contributed by atoms with E-state index in [9.17, 15) is 0 Å². The summed E-state index contributed by atoms with van der Waals surface area (Å²) >= 11 is 0. The van der Waals surface area contributed by atoms with E-state index in [4.69, 9.17) is 18.8 Å². The van der Waals surface area contributed by atoms with Crippen LogP contribution in [-0.4, -0.2) is 9.97 Å². The largest absolute Gasteiger partial charge is 0.456 e. The first-order valence-electron chi connectivity index (χ1n) is 19.3. The highest BCUT2D eigenvalue weighted by Crippen LogP contribution is 2.43. The Kier molecular flexibility index (Phi) is 6.81. The topological polar surface area (TPSA) is 52.1 Å². The maximum Gasteiger partial charge on any atom is 0.161 e. The molecule has 0 saturated heterocycles. The molecule has 9 aromatic carbocycles. The summed E-state index contributed by atoms with van der Waals surface area (Å²) in [4.78, 5) is 10.8. The summed E-state index contributed by atoms with van der Waals surface area (Å²) in [6.45, 7) is 2.12. The third kappa shape index (κ3) is 4.81. The predicted octanol–water partition coefficient (Wildman–Crippen LogP) is 14.7. The summed E-state index contributed by atoms with van der Waals surface area (Å²) in [7, 11) is 0. The zero-order valence-corrected chi connectivity index (χ0v) is 31.0. The Labute approximate surface area is 327 Å². The van der Waals surface area contributed by atoms with Crippen LogP contribution in [0.25, 0.3) is 121 Å². The van der Waals surface area contributed by atoms with E-state index >= 15 is 0 Å². The Morgan fingerprint density at radius 3 is 1.53 bits per heavy atom. The third-order valence-electron chi connectivity index (χ3n) is 11.7. The van der Waals surface area contributed by atoms with Crippen LogP contribution >= 0.6 is 0 Å². The first-order chi connectivity index (χ1) is 28.2. The van der Waals surface area contributed by atoms with Gasteiger partial charge in [0.1, 0.15) is 22.3 Å². The van der Waals surface area contributed by atoms with Crippen molar-refractivity contribution in [3.8, 4) is 45.0 Å². The lowest BCUT2D eigenvalue weighted by molar-refractivity contribution is 0.668. The van der Waals surface area contributed by atoms with Crippen LogP contribution in [0.1, 0.15) is 5.56 Å². The number of furan rings is 2. The van der Waals surface area contributed by atoms with Crippen LogP contribution in [-0.2, 0) is 0 Å². The lowest BCUT2D eigenvalue weighted by Crippen LogP contribution is -2.00. The van der Waals surface area contributed by atoms with Gasteiger partial charge in [-0.2, -0.15) is 0 Å². The summed E-state index contributed by atoms with van der Waals surface area (Å²) in [5, 5.41) is 11.7. The summed E-state index contributed by atoms with van der Waals surface area (Å²) in [6, 6.07) is 61.9. The predicted molar refractivity (Wildman–Crippen MR) is 236 cm³/mol. The van der Waals surface area contributed by atoms with Crippen molar-refractivity contribution in [1.29, 1.82) is 0 Å². The van der Waals surface area contributed by atoms with Crippen molar-refractivity contribution in [1.82, 2.24) is 9.97 Å². The molecule has 0 aliphatic heterocycles. The molecular formula is C53H32N2O2. The summed E-state index contributed by atoms with van der Waals surface area (Å²) < 4.78 is 12.9. The van der Waals surface area contributed by atoms with Gasteiger partial charge in [0.25, 0.3) is 0 Å². The molecule has 3 heterocycles. The molecule has 57 heavy (non-hydrogen) atoms. The van der Waals surface area contributed by atoms with Crippen LogP contribution in [0.2, 0.25) is 0 Å². The minimum Gasteiger partial charge on any atom is -0.456 e. The standard InChI is InChI=1S/C53H32N2O2/c1-31-51(32-13-3-2-4-14-32)54-53(55-52(31)41-20-11-23-47-49(41)40-19-9-10-22-45(40)56-47)42-21-12-24-48-50(42)44-30-34(26-28-46(44)57-48)33-25-27-39-37-17-6-5-15-35(37)36-16-7-8-18-38(36)43(39)29-33/h2-30H,1H3. The number of hydrogen-bond acceptors (Lipinski definition) is 4. The smallest absolute Gasteiger partial charge is 0.161 e. The lowest BCUT2D eigenvalue weighted by Gasteiger charge is -2.15. The van der Waals surface area contributed by atoms with E-state index < -0.39 is 0 Å². The molecule has 0 amide bonds. The zero-order chi connectivity index (χ0) is 37.6. The fourth-order valence-corrected chi connectivity index (χ4v) is 9.03. The van der Waals surface area contributed by atoms with Crippen molar-refractivity contribution in [2.45, 2.75) is 6.92 Å². The van der Waals surface area contributed by atoms with Gasteiger partial charge < -0.3 is 8.83 Å². The highest BCUT2D eigenvalue weighted by atomic mass is 16.3. The summed E-state index contributed by atoms with van der Waals surface area (Å²) in [5.74, 6) is 0.641. The summed E-state index contributed by atoms with van der Waals surface area (Å²) in [5.41, 5.74) is 11.3. The van der Waals surface area contributed by atoms with E-state index in [1.807, 2.05) is 42.5 Å². The highest BCUT2D eigenvalue weighted by molar-refractivity contribution is 6.26. The van der Waals surface area contributed by atoms with Crippen LogP contribution in [0.15, 0.2) is 185 Å². The zero-order valence-electron chi connectivity index (χ0n) is 31.0. The molecule has 12 rings (SSSR count). The minimum absolute atomic E-state index is 0.641. The Morgan fingerprint density at radius 2 is 0.825 bits per heavy atom. The van der Waals surface area contributed by atoms with Gasteiger partial charge in [-0.15, -0.1) is 0 Å². The first kappa shape index (κ1) is 31.8. The molecule has 0 fully saturated rings. The molecule has 0 bridgehead atoms. The van der Waals surface area contributed by atoms with E-state index in [1.165, 1.54) is 32.3 Å². The van der Waals surface area contributed by atoms with Crippen LogP contribution in [0.4, 0.5) is 0 Å². The third-order valence-corrected chi connectivity index (χ3v) is 11.7. The average Bonchev–Trinajstić information content (AvgIpc) is 3.85. The van der Waals surface area contributed by atoms with Gasteiger partial charge >= 0.3 is 0 Å². The highest BCUT2D eigenvalue weighted by Gasteiger charge is 2.22. The fraction of sp³-hybridized carbons (Fsp3) is 0.0189. The van der Waals surface area contributed by atoms with E-state index in [0.717, 1.165) is 88.6 Å². The number of hydrogen-bond donors (Lipinski definition) is 0. The molecule has 0 unspecified atom stereocenters. The van der Waals surface area contributed by atoms with Gasteiger partial charge in [0.15, 0.2) is 5.82 Å². The second-order valence-corrected chi connectivity index (χ2v) is 14.9. The van der Waals surface area contributed by atoms with Crippen LogP contribution in [0.5, 0.6) is 0 Å². The molecule has 0 N–H and O–H groups in total. The summed E-state index contributed by atoms with van der Waals surface area (Å²) in [6.07, 6.45) is 0. The van der Waals surface area contributed by atoms with Gasteiger partial charge in [0, 0.05) is 43.8 Å². The molecule has 266 valence electrons. The first-order valence-corrected chi connectivity index (χ1v) is 19.3. The Balaban J connectivity index is 1.09. The Morgan fingerprint density at radius 1 is 0.333 bits per heavy atom. The minimum atomic E-state index is 0.641. The van der Waals surface area contributed by atoms with Crippen molar-refractivity contribution in [3.05, 3.63) is 181 Å². The van der Waals surface area contributed by atoms with Crippen molar-refractivity contribution >= 4 is 76.2 Å². The quantitative estimate of drug-likeness (QED) is 0.169. The molecule has 0 saturated carbocycles. The van der Waals surface area contributed by atoms with Gasteiger partial charge in [-0.05, 0) is 86.8 Å². The fourth-order valence-electron chi connectivity index (χ4n) is 9.03. The van der Waals surface area contributed by atoms with Crippen LogP contribution in [0.3, 0.4) is 0 Å². The van der Waals surface area contributed by atoms with Crippen molar-refractivity contribution in [2.75, 3.05) is 0 Å². The molecule has 3 aromatic heterocycles. The van der Waals surface area contributed by atoms with Crippen LogP contribution in [0, 0.1) is 6.92 Å². The molecule has 0 aliphatic rings. The van der Waals surface area contributed by atoms with E-state index in [1.54, 1.807) is 0 Å². The van der Waals surface area contributed by atoms with E-state index in [-0.39, 0.29) is 0 Å². The van der Waals surface area contributed by atoms with Gasteiger partial charge in [-0.25, -0.2) is 9.97 Å². The van der Waals surface area contributed by atoms with Crippen molar-refractivity contribution in [2.24, 2.45) is 0 Å². The molecule has 0 spiro atoms. The Bertz CT molecular complexity index is 3560. The lowest BCUT2D eigenvalue weighted by atomic mass is 9.92. The number of fused-ring (bicyclic) bond motifs is 12.